The van der Waals surface area contributed by atoms with E-state index >= 15 is 0 Å². The first kappa shape index (κ1) is 26.6. The fourth-order valence-corrected chi connectivity index (χ4v) is 3.43. The molecule has 3 aromatic rings. The molecule has 2 heterocycles. The van der Waals surface area contributed by atoms with Gasteiger partial charge in [-0.05, 0) is 29.3 Å². The molecule has 0 spiro atoms. The molecule has 1 aliphatic heterocycles. The number of morpholine rings is 1. The number of nitrogens with one attached hydrogen (secondary N) is 1. The zero-order valence-electron chi connectivity index (χ0n) is 18.3. The molecule has 0 bridgehead atoms. The molecule has 1 aromatic heterocycles. The van der Waals surface area contributed by atoms with Crippen molar-refractivity contribution in [3.8, 4) is 16.9 Å². The van der Waals surface area contributed by atoms with Gasteiger partial charge in [-0.15, -0.1) is 24.8 Å². The summed E-state index contributed by atoms with van der Waals surface area (Å²) in [6.45, 7) is 5.59. The Morgan fingerprint density at radius 3 is 2.30 bits per heavy atom. The molecular weight excluding hydrogens is 461 g/mol. The highest BCUT2D eigenvalue weighted by Gasteiger charge is 2.10. The molecule has 4 rings (SSSR count). The van der Waals surface area contributed by atoms with E-state index in [4.69, 9.17) is 9.47 Å². The summed E-state index contributed by atoms with van der Waals surface area (Å²) in [4.78, 5) is 19.0. The molecule has 2 aromatic carbocycles. The van der Waals surface area contributed by atoms with E-state index in [9.17, 15) is 4.79 Å². The average Bonchev–Trinajstić information content (AvgIpc) is 2.84. The van der Waals surface area contributed by atoms with E-state index in [1.165, 1.54) is 0 Å². The van der Waals surface area contributed by atoms with E-state index in [-0.39, 0.29) is 30.7 Å². The molecule has 1 aliphatic rings. The molecule has 0 saturated carbocycles. The minimum absolute atomic E-state index is 0. The summed E-state index contributed by atoms with van der Waals surface area (Å²) in [5.74, 6) is 0.668. The molecule has 0 atom stereocenters. The first-order valence-electron chi connectivity index (χ1n) is 10.6. The standard InChI is InChI=1S/C25H27N3O3.2ClH/c29-25(27-18-20-4-2-1-3-5-20)24-11-8-22(19-26-24)21-6-9-23(10-7-21)31-17-14-28-12-15-30-16-13-28;;/h1-11,19H,12-18H2,(H,27,29);2*1H. The number of nitrogens with zero attached hydrogens (tertiary/aromatic N) is 2. The Hall–Kier alpha value is -2.64. The number of hydrogen-bond donors (Lipinski definition) is 1. The monoisotopic (exact) mass is 489 g/mol. The number of hydrogen-bond acceptors (Lipinski definition) is 5. The lowest BCUT2D eigenvalue weighted by atomic mass is 10.1. The first-order valence-corrected chi connectivity index (χ1v) is 10.6. The maximum absolute atomic E-state index is 12.3. The average molecular weight is 490 g/mol. The molecule has 33 heavy (non-hydrogen) atoms. The molecule has 1 saturated heterocycles. The van der Waals surface area contributed by atoms with Crippen LogP contribution in [0.2, 0.25) is 0 Å². The van der Waals surface area contributed by atoms with Crippen LogP contribution < -0.4 is 10.1 Å². The molecule has 8 heteroatoms. The molecule has 6 nitrogen and oxygen atoms in total. The summed E-state index contributed by atoms with van der Waals surface area (Å²) in [6, 6.07) is 21.4. The molecule has 1 fully saturated rings. The number of amides is 1. The molecule has 1 amide bonds. The minimum Gasteiger partial charge on any atom is -0.492 e. The topological polar surface area (TPSA) is 63.7 Å². The van der Waals surface area contributed by atoms with Crippen LogP contribution in [0.1, 0.15) is 16.1 Å². The summed E-state index contributed by atoms with van der Waals surface area (Å²) >= 11 is 0. The van der Waals surface area contributed by atoms with Crippen LogP contribution in [0.15, 0.2) is 72.9 Å². The molecule has 0 aliphatic carbocycles. The fraction of sp³-hybridized carbons (Fsp3) is 0.280. The second-order valence-electron chi connectivity index (χ2n) is 7.43. The lowest BCUT2D eigenvalue weighted by molar-refractivity contribution is 0.0322. The normalized spacial score (nSPS) is 13.3. The van der Waals surface area contributed by atoms with Gasteiger partial charge in [0.25, 0.3) is 5.91 Å². The van der Waals surface area contributed by atoms with Crippen molar-refractivity contribution in [2.45, 2.75) is 6.54 Å². The van der Waals surface area contributed by atoms with Crippen molar-refractivity contribution in [3.63, 3.8) is 0 Å². The van der Waals surface area contributed by atoms with Crippen LogP contribution in [-0.4, -0.2) is 55.2 Å². The van der Waals surface area contributed by atoms with Crippen LogP contribution >= 0.6 is 24.8 Å². The van der Waals surface area contributed by atoms with Crippen LogP contribution in [0.3, 0.4) is 0 Å². The van der Waals surface area contributed by atoms with Gasteiger partial charge in [0.05, 0.1) is 13.2 Å². The van der Waals surface area contributed by atoms with Crippen molar-refractivity contribution in [2.24, 2.45) is 0 Å². The maximum atomic E-state index is 12.3. The SMILES string of the molecule is Cl.Cl.O=C(NCc1ccccc1)c1ccc(-c2ccc(OCCN3CCOCC3)cc2)cn1. The second kappa shape index (κ2) is 13.8. The molecule has 0 radical (unpaired) electrons. The Bertz CT molecular complexity index is 964. The number of aromatic nitrogens is 1. The predicted octanol–water partition coefficient (Wildman–Crippen LogP) is 4.23. The number of rotatable bonds is 8. The van der Waals surface area contributed by atoms with Gasteiger partial charge in [0, 0.05) is 37.9 Å². The van der Waals surface area contributed by atoms with Gasteiger partial charge in [0.2, 0.25) is 0 Å². The van der Waals surface area contributed by atoms with E-state index in [0.29, 0.717) is 18.8 Å². The summed E-state index contributed by atoms with van der Waals surface area (Å²) in [7, 11) is 0. The van der Waals surface area contributed by atoms with Crippen molar-refractivity contribution < 1.29 is 14.3 Å². The van der Waals surface area contributed by atoms with Crippen LogP contribution in [0.4, 0.5) is 0 Å². The number of carbonyl (C=O) groups is 1. The third-order valence-corrected chi connectivity index (χ3v) is 5.26. The Kier molecular flexibility index (Phi) is 11.1. The highest BCUT2D eigenvalue weighted by molar-refractivity contribution is 5.92. The Morgan fingerprint density at radius 1 is 0.939 bits per heavy atom. The van der Waals surface area contributed by atoms with Crippen molar-refractivity contribution in [1.29, 1.82) is 0 Å². The summed E-state index contributed by atoms with van der Waals surface area (Å²) < 4.78 is 11.2. The smallest absolute Gasteiger partial charge is 0.270 e. The van der Waals surface area contributed by atoms with Gasteiger partial charge in [-0.3, -0.25) is 14.7 Å². The van der Waals surface area contributed by atoms with Gasteiger partial charge in [-0.1, -0.05) is 48.5 Å². The zero-order chi connectivity index (χ0) is 21.3. The summed E-state index contributed by atoms with van der Waals surface area (Å²) in [6.07, 6.45) is 1.73. The lowest BCUT2D eigenvalue weighted by Gasteiger charge is -2.26. The van der Waals surface area contributed by atoms with E-state index < -0.39 is 0 Å². The Morgan fingerprint density at radius 2 is 1.64 bits per heavy atom. The Balaban J connectivity index is 0.00000193. The zero-order valence-corrected chi connectivity index (χ0v) is 19.9. The number of benzene rings is 2. The summed E-state index contributed by atoms with van der Waals surface area (Å²) in [5, 5.41) is 2.90. The van der Waals surface area contributed by atoms with Crippen molar-refractivity contribution in [3.05, 3.63) is 84.2 Å². The summed E-state index contributed by atoms with van der Waals surface area (Å²) in [5.41, 5.74) is 3.45. The van der Waals surface area contributed by atoms with Gasteiger partial charge >= 0.3 is 0 Å². The first-order chi connectivity index (χ1) is 15.3. The van der Waals surface area contributed by atoms with Crippen LogP contribution in [0, 0.1) is 0 Å². The van der Waals surface area contributed by atoms with Crippen LogP contribution in [0.25, 0.3) is 11.1 Å². The van der Waals surface area contributed by atoms with E-state index in [0.717, 1.165) is 55.3 Å². The lowest BCUT2D eigenvalue weighted by Crippen LogP contribution is -2.38. The second-order valence-corrected chi connectivity index (χ2v) is 7.43. The van der Waals surface area contributed by atoms with Gasteiger partial charge in [0.1, 0.15) is 18.1 Å². The van der Waals surface area contributed by atoms with Gasteiger partial charge in [-0.2, -0.15) is 0 Å². The van der Waals surface area contributed by atoms with E-state index in [1.807, 2.05) is 60.7 Å². The number of carbonyl (C=O) groups excluding carboxylic acids is 1. The molecule has 1 N–H and O–H groups in total. The highest BCUT2D eigenvalue weighted by atomic mass is 35.5. The third-order valence-electron chi connectivity index (χ3n) is 5.26. The minimum atomic E-state index is -0.181. The van der Waals surface area contributed by atoms with Crippen molar-refractivity contribution in [2.75, 3.05) is 39.5 Å². The van der Waals surface area contributed by atoms with Gasteiger partial charge < -0.3 is 14.8 Å². The quantitative estimate of drug-likeness (QED) is 0.512. The van der Waals surface area contributed by atoms with E-state index in [2.05, 4.69) is 15.2 Å². The molecular formula is C25H29Cl2N3O3. The predicted molar refractivity (Wildman–Crippen MR) is 135 cm³/mol. The molecule has 176 valence electrons. The van der Waals surface area contributed by atoms with Crippen molar-refractivity contribution in [1.82, 2.24) is 15.2 Å². The van der Waals surface area contributed by atoms with Crippen molar-refractivity contribution >= 4 is 30.7 Å². The van der Waals surface area contributed by atoms with Gasteiger partial charge in [-0.25, -0.2) is 0 Å². The third kappa shape index (κ3) is 8.02. The fourth-order valence-electron chi connectivity index (χ4n) is 3.43. The number of pyridine rings is 1. The van der Waals surface area contributed by atoms with Gasteiger partial charge in [0.15, 0.2) is 0 Å². The van der Waals surface area contributed by atoms with E-state index in [1.54, 1.807) is 12.3 Å². The maximum Gasteiger partial charge on any atom is 0.270 e. The molecule has 0 unspecified atom stereocenters. The van der Waals surface area contributed by atoms with Crippen LogP contribution in [-0.2, 0) is 11.3 Å². The highest BCUT2D eigenvalue weighted by Crippen LogP contribution is 2.22. The number of halogens is 2. The van der Waals surface area contributed by atoms with Crippen LogP contribution in [0.5, 0.6) is 5.75 Å². The number of ether oxygens (including phenoxy) is 2. The Labute approximate surface area is 207 Å². The largest absolute Gasteiger partial charge is 0.492 e.